The molecular weight excluding hydrogens is 176 g/mol. The van der Waals surface area contributed by atoms with Crippen molar-refractivity contribution >= 4 is 10.9 Å². The van der Waals surface area contributed by atoms with Crippen molar-refractivity contribution in [1.82, 2.24) is 9.78 Å². The Morgan fingerprint density at radius 1 is 1.36 bits per heavy atom. The fraction of sp³-hybridized carbons (Fsp3) is 0.364. The first-order valence-electron chi connectivity index (χ1n) is 4.63. The number of nitrogens with zero attached hydrogens (tertiary/aromatic N) is 2. The average molecular weight is 190 g/mol. The van der Waals surface area contributed by atoms with Crippen molar-refractivity contribution < 1.29 is 5.11 Å². The molecule has 0 atom stereocenters. The summed E-state index contributed by atoms with van der Waals surface area (Å²) in [6.07, 6.45) is 1.81. The van der Waals surface area contributed by atoms with Gasteiger partial charge in [-0.1, -0.05) is 6.07 Å². The van der Waals surface area contributed by atoms with Gasteiger partial charge in [-0.15, -0.1) is 0 Å². The average Bonchev–Trinajstić information content (AvgIpc) is 2.46. The second kappa shape index (κ2) is 2.82. The zero-order valence-electron chi connectivity index (χ0n) is 8.65. The molecule has 3 heteroatoms. The van der Waals surface area contributed by atoms with Gasteiger partial charge in [0.25, 0.3) is 0 Å². The predicted octanol–water partition coefficient (Wildman–Crippen LogP) is 1.80. The van der Waals surface area contributed by atoms with Crippen LogP contribution in [0.15, 0.2) is 24.4 Å². The Bertz CT molecular complexity index is 466. The molecule has 0 saturated heterocycles. The van der Waals surface area contributed by atoms with Crippen LogP contribution >= 0.6 is 0 Å². The number of hydrogen-bond acceptors (Lipinski definition) is 2. The third-order valence-electron chi connectivity index (χ3n) is 2.45. The summed E-state index contributed by atoms with van der Waals surface area (Å²) >= 11 is 0. The van der Waals surface area contributed by atoms with Crippen molar-refractivity contribution in [2.24, 2.45) is 7.05 Å². The summed E-state index contributed by atoms with van der Waals surface area (Å²) < 4.78 is 1.82. The number of benzene rings is 1. The van der Waals surface area contributed by atoms with Crippen LogP contribution in [0.1, 0.15) is 19.4 Å². The fourth-order valence-electron chi connectivity index (χ4n) is 1.54. The van der Waals surface area contributed by atoms with Crippen LogP contribution in [-0.2, 0) is 12.6 Å². The van der Waals surface area contributed by atoms with E-state index in [1.165, 1.54) is 0 Å². The summed E-state index contributed by atoms with van der Waals surface area (Å²) in [7, 11) is 1.91. The minimum absolute atomic E-state index is 0.788. The Balaban J connectivity index is 2.63. The first kappa shape index (κ1) is 9.21. The minimum atomic E-state index is -0.788. The Labute approximate surface area is 83.0 Å². The zero-order chi connectivity index (χ0) is 10.3. The lowest BCUT2D eigenvalue weighted by molar-refractivity contribution is 0.0787. The lowest BCUT2D eigenvalue weighted by Crippen LogP contribution is -2.14. The molecule has 0 bridgehead atoms. The lowest BCUT2D eigenvalue weighted by atomic mass is 9.97. The van der Waals surface area contributed by atoms with E-state index in [2.05, 4.69) is 5.10 Å². The summed E-state index contributed by atoms with van der Waals surface area (Å²) in [4.78, 5) is 0. The van der Waals surface area contributed by atoms with Gasteiger partial charge in [-0.05, 0) is 31.5 Å². The topological polar surface area (TPSA) is 38.0 Å². The van der Waals surface area contributed by atoms with Crippen LogP contribution in [0.4, 0.5) is 0 Å². The quantitative estimate of drug-likeness (QED) is 0.744. The Kier molecular flexibility index (Phi) is 1.86. The van der Waals surface area contributed by atoms with Gasteiger partial charge >= 0.3 is 0 Å². The van der Waals surface area contributed by atoms with Crippen molar-refractivity contribution in [1.29, 1.82) is 0 Å². The summed E-state index contributed by atoms with van der Waals surface area (Å²) in [6.45, 7) is 3.56. The zero-order valence-corrected chi connectivity index (χ0v) is 8.65. The number of aliphatic hydroxyl groups is 1. The van der Waals surface area contributed by atoms with Gasteiger partial charge in [0.2, 0.25) is 0 Å². The minimum Gasteiger partial charge on any atom is -0.386 e. The fourth-order valence-corrected chi connectivity index (χ4v) is 1.54. The molecule has 14 heavy (non-hydrogen) atoms. The molecule has 2 aromatic rings. The summed E-state index contributed by atoms with van der Waals surface area (Å²) in [5.41, 5.74) is 1.21. The molecule has 0 amide bonds. The van der Waals surface area contributed by atoms with E-state index in [-0.39, 0.29) is 0 Å². The van der Waals surface area contributed by atoms with Gasteiger partial charge in [-0.3, -0.25) is 4.68 Å². The number of rotatable bonds is 1. The van der Waals surface area contributed by atoms with Gasteiger partial charge in [-0.2, -0.15) is 5.10 Å². The second-order valence-electron chi connectivity index (χ2n) is 4.10. The van der Waals surface area contributed by atoms with Crippen molar-refractivity contribution in [3.63, 3.8) is 0 Å². The largest absolute Gasteiger partial charge is 0.386 e. The van der Waals surface area contributed by atoms with Gasteiger partial charge in [0.15, 0.2) is 0 Å². The van der Waals surface area contributed by atoms with E-state index in [1.807, 2.05) is 36.1 Å². The van der Waals surface area contributed by atoms with Gasteiger partial charge < -0.3 is 5.11 Å². The maximum absolute atomic E-state index is 9.83. The summed E-state index contributed by atoms with van der Waals surface area (Å²) in [5.74, 6) is 0. The molecule has 0 aliphatic heterocycles. The Morgan fingerprint density at radius 3 is 2.71 bits per heavy atom. The van der Waals surface area contributed by atoms with Gasteiger partial charge in [0.05, 0.1) is 17.3 Å². The molecule has 3 nitrogen and oxygen atoms in total. The molecule has 1 aromatic carbocycles. The van der Waals surface area contributed by atoms with Crippen molar-refractivity contribution in [3.8, 4) is 0 Å². The predicted molar refractivity (Wildman–Crippen MR) is 56.0 cm³/mol. The first-order chi connectivity index (χ1) is 6.48. The van der Waals surface area contributed by atoms with Gasteiger partial charge in [0, 0.05) is 12.4 Å². The molecule has 0 aliphatic carbocycles. The SMILES string of the molecule is Cn1ncc2cc(C(C)(C)O)ccc21. The van der Waals surface area contributed by atoms with E-state index in [0.29, 0.717) is 0 Å². The second-order valence-corrected chi connectivity index (χ2v) is 4.10. The molecule has 74 valence electrons. The maximum atomic E-state index is 9.83. The third-order valence-corrected chi connectivity index (χ3v) is 2.45. The summed E-state index contributed by atoms with van der Waals surface area (Å²) in [6, 6.07) is 5.89. The van der Waals surface area contributed by atoms with E-state index in [0.717, 1.165) is 16.5 Å². The molecule has 2 rings (SSSR count). The first-order valence-corrected chi connectivity index (χ1v) is 4.63. The number of aromatic nitrogens is 2. The number of hydrogen-bond donors (Lipinski definition) is 1. The monoisotopic (exact) mass is 190 g/mol. The maximum Gasteiger partial charge on any atom is 0.0840 e. The van der Waals surface area contributed by atoms with E-state index in [4.69, 9.17) is 0 Å². The lowest BCUT2D eigenvalue weighted by Gasteiger charge is -2.17. The third kappa shape index (κ3) is 1.40. The smallest absolute Gasteiger partial charge is 0.0840 e. The molecule has 0 fully saturated rings. The Hall–Kier alpha value is -1.35. The summed E-state index contributed by atoms with van der Waals surface area (Å²) in [5, 5.41) is 15.0. The normalized spacial score (nSPS) is 12.3. The highest BCUT2D eigenvalue weighted by Crippen LogP contribution is 2.23. The molecule has 0 aliphatic rings. The highest BCUT2D eigenvalue weighted by molar-refractivity contribution is 5.79. The van der Waals surface area contributed by atoms with Crippen LogP contribution in [0, 0.1) is 0 Å². The Morgan fingerprint density at radius 2 is 2.07 bits per heavy atom. The molecule has 1 aromatic heterocycles. The molecule has 0 spiro atoms. The van der Waals surface area contributed by atoms with Gasteiger partial charge in [-0.25, -0.2) is 0 Å². The van der Waals surface area contributed by atoms with Crippen LogP contribution in [0.3, 0.4) is 0 Å². The molecular formula is C11H14N2O. The van der Waals surface area contributed by atoms with E-state index in [1.54, 1.807) is 13.8 Å². The van der Waals surface area contributed by atoms with Crippen molar-refractivity contribution in [3.05, 3.63) is 30.0 Å². The standard InChI is InChI=1S/C11H14N2O/c1-11(2,14)9-4-5-10-8(6-9)7-12-13(10)3/h4-7,14H,1-3H3. The molecule has 0 saturated carbocycles. The van der Waals surface area contributed by atoms with E-state index < -0.39 is 5.60 Å². The molecule has 0 radical (unpaired) electrons. The van der Waals surface area contributed by atoms with Crippen LogP contribution in [0.2, 0.25) is 0 Å². The van der Waals surface area contributed by atoms with Gasteiger partial charge in [0.1, 0.15) is 0 Å². The molecule has 1 heterocycles. The van der Waals surface area contributed by atoms with Crippen LogP contribution in [0.25, 0.3) is 10.9 Å². The number of aryl methyl sites for hydroxylation is 1. The number of fused-ring (bicyclic) bond motifs is 1. The van der Waals surface area contributed by atoms with Crippen LogP contribution < -0.4 is 0 Å². The highest BCUT2D eigenvalue weighted by Gasteiger charge is 2.16. The van der Waals surface area contributed by atoms with Crippen molar-refractivity contribution in [2.75, 3.05) is 0 Å². The molecule has 0 unspecified atom stereocenters. The van der Waals surface area contributed by atoms with Crippen LogP contribution in [-0.4, -0.2) is 14.9 Å². The van der Waals surface area contributed by atoms with Crippen LogP contribution in [0.5, 0.6) is 0 Å². The van der Waals surface area contributed by atoms with E-state index >= 15 is 0 Å². The molecule has 1 N–H and O–H groups in total. The van der Waals surface area contributed by atoms with Crippen molar-refractivity contribution in [2.45, 2.75) is 19.4 Å². The van der Waals surface area contributed by atoms with E-state index in [9.17, 15) is 5.11 Å². The highest BCUT2D eigenvalue weighted by atomic mass is 16.3.